The van der Waals surface area contributed by atoms with E-state index in [1.807, 2.05) is 0 Å². The Morgan fingerprint density at radius 1 is 1.38 bits per heavy atom. The maximum Gasteiger partial charge on any atom is 0.0901 e. The molecule has 1 heterocycles. The first-order valence-corrected chi connectivity index (χ1v) is 6.46. The van der Waals surface area contributed by atoms with Gasteiger partial charge in [0.25, 0.3) is 0 Å². The molecule has 3 N–H and O–H groups in total. The molecule has 1 rings (SSSR count). The quantitative estimate of drug-likeness (QED) is 0.671. The van der Waals surface area contributed by atoms with Crippen molar-refractivity contribution in [2.75, 3.05) is 39.3 Å². The number of nitrogens with two attached hydrogens (primary N) is 1. The van der Waals surface area contributed by atoms with Gasteiger partial charge in [-0.3, -0.25) is 9.80 Å². The van der Waals surface area contributed by atoms with Crippen LogP contribution in [0.1, 0.15) is 19.8 Å². The second-order valence-corrected chi connectivity index (χ2v) is 4.75. The summed E-state index contributed by atoms with van der Waals surface area (Å²) in [5.74, 6) is 0. The standard InChI is InChI=1S/C11H23N3OS/c1-2-10(11(12)16)14-5-3-4-13(6-7-14)8-9-15/h10,15H,2-9H2,1H3,(H2,12,16). The average molecular weight is 245 g/mol. The lowest BCUT2D eigenvalue weighted by molar-refractivity contribution is 0.192. The fourth-order valence-corrected chi connectivity index (χ4v) is 2.62. The lowest BCUT2D eigenvalue weighted by Crippen LogP contribution is -2.45. The Kier molecular flexibility index (Phi) is 6.20. The second kappa shape index (κ2) is 7.17. The number of hydrogen-bond donors (Lipinski definition) is 2. The largest absolute Gasteiger partial charge is 0.395 e. The molecule has 1 unspecified atom stereocenters. The highest BCUT2D eigenvalue weighted by Gasteiger charge is 2.22. The molecule has 5 heteroatoms. The smallest absolute Gasteiger partial charge is 0.0901 e. The van der Waals surface area contributed by atoms with Crippen molar-refractivity contribution >= 4 is 17.2 Å². The molecule has 0 spiro atoms. The summed E-state index contributed by atoms with van der Waals surface area (Å²) in [5, 5.41) is 8.92. The molecule has 0 aromatic rings. The molecule has 0 aromatic heterocycles. The number of hydrogen-bond acceptors (Lipinski definition) is 4. The first-order valence-electron chi connectivity index (χ1n) is 6.05. The van der Waals surface area contributed by atoms with Crippen molar-refractivity contribution in [2.24, 2.45) is 5.73 Å². The van der Waals surface area contributed by atoms with Crippen molar-refractivity contribution in [1.29, 1.82) is 0 Å². The molecule has 1 saturated heterocycles. The number of nitrogens with zero attached hydrogens (tertiary/aromatic N) is 2. The maximum atomic E-state index is 8.92. The molecule has 16 heavy (non-hydrogen) atoms. The molecular weight excluding hydrogens is 222 g/mol. The monoisotopic (exact) mass is 245 g/mol. The van der Waals surface area contributed by atoms with Gasteiger partial charge in [-0.25, -0.2) is 0 Å². The number of β-amino-alcohol motifs (C(OH)–C–C–N with tert-alkyl or cyclic N) is 1. The highest BCUT2D eigenvalue weighted by Crippen LogP contribution is 2.10. The van der Waals surface area contributed by atoms with E-state index < -0.39 is 0 Å². The zero-order chi connectivity index (χ0) is 12.0. The molecule has 1 aliphatic rings. The van der Waals surface area contributed by atoms with E-state index in [1.54, 1.807) is 0 Å². The van der Waals surface area contributed by atoms with Crippen molar-refractivity contribution in [3.63, 3.8) is 0 Å². The lowest BCUT2D eigenvalue weighted by Gasteiger charge is -2.28. The van der Waals surface area contributed by atoms with Crippen molar-refractivity contribution in [1.82, 2.24) is 9.80 Å². The fourth-order valence-electron chi connectivity index (χ4n) is 2.31. The van der Waals surface area contributed by atoms with E-state index in [0.29, 0.717) is 4.99 Å². The molecule has 0 aliphatic carbocycles. The zero-order valence-electron chi connectivity index (χ0n) is 10.1. The number of aliphatic hydroxyl groups is 1. The van der Waals surface area contributed by atoms with E-state index in [1.165, 1.54) is 0 Å². The molecule has 94 valence electrons. The molecule has 1 atom stereocenters. The Hall–Kier alpha value is -0.230. The Morgan fingerprint density at radius 3 is 2.69 bits per heavy atom. The highest BCUT2D eigenvalue weighted by atomic mass is 32.1. The Morgan fingerprint density at radius 2 is 2.12 bits per heavy atom. The van der Waals surface area contributed by atoms with Crippen LogP contribution >= 0.6 is 12.2 Å². The minimum absolute atomic E-state index is 0.240. The van der Waals surface area contributed by atoms with Gasteiger partial charge in [0, 0.05) is 26.2 Å². The SMILES string of the molecule is CCC(C(N)=S)N1CCCN(CCO)CC1. The number of thiocarbonyl (C=S) groups is 1. The van der Waals surface area contributed by atoms with Gasteiger partial charge in [0.1, 0.15) is 0 Å². The van der Waals surface area contributed by atoms with Gasteiger partial charge in [-0.2, -0.15) is 0 Å². The Labute approximate surface area is 103 Å². The number of rotatable bonds is 5. The summed E-state index contributed by atoms with van der Waals surface area (Å²) in [4.78, 5) is 5.28. The zero-order valence-corrected chi connectivity index (χ0v) is 10.9. The third-order valence-corrected chi connectivity index (χ3v) is 3.47. The lowest BCUT2D eigenvalue weighted by atomic mass is 10.2. The van der Waals surface area contributed by atoms with E-state index in [4.69, 9.17) is 23.1 Å². The summed E-state index contributed by atoms with van der Waals surface area (Å²) in [7, 11) is 0. The Balaban J connectivity index is 2.48. The maximum absolute atomic E-state index is 8.92. The predicted molar refractivity (Wildman–Crippen MR) is 70.6 cm³/mol. The van der Waals surface area contributed by atoms with E-state index in [-0.39, 0.29) is 12.6 Å². The summed E-state index contributed by atoms with van der Waals surface area (Å²) in [5.41, 5.74) is 5.76. The van der Waals surface area contributed by atoms with Crippen molar-refractivity contribution in [2.45, 2.75) is 25.8 Å². The first-order chi connectivity index (χ1) is 7.69. The van der Waals surface area contributed by atoms with Crippen LogP contribution in [0.5, 0.6) is 0 Å². The summed E-state index contributed by atoms with van der Waals surface area (Å²) < 4.78 is 0. The molecular formula is C11H23N3OS. The van der Waals surface area contributed by atoms with Crippen LogP contribution in [0.2, 0.25) is 0 Å². The topological polar surface area (TPSA) is 52.7 Å². The van der Waals surface area contributed by atoms with Gasteiger partial charge in [0.05, 0.1) is 17.6 Å². The van der Waals surface area contributed by atoms with Gasteiger partial charge in [0.15, 0.2) is 0 Å². The van der Waals surface area contributed by atoms with Gasteiger partial charge in [-0.05, 0) is 19.4 Å². The van der Waals surface area contributed by atoms with Gasteiger partial charge < -0.3 is 10.8 Å². The van der Waals surface area contributed by atoms with Crippen molar-refractivity contribution in [3.05, 3.63) is 0 Å². The van der Waals surface area contributed by atoms with Gasteiger partial charge in [-0.15, -0.1) is 0 Å². The number of aliphatic hydroxyl groups excluding tert-OH is 1. The molecule has 4 nitrogen and oxygen atoms in total. The van der Waals surface area contributed by atoms with Crippen LogP contribution in [0.15, 0.2) is 0 Å². The average Bonchev–Trinajstić information content (AvgIpc) is 2.46. The molecule has 0 amide bonds. The molecule has 1 fully saturated rings. The highest BCUT2D eigenvalue weighted by molar-refractivity contribution is 7.80. The van der Waals surface area contributed by atoms with E-state index in [0.717, 1.165) is 45.6 Å². The minimum Gasteiger partial charge on any atom is -0.395 e. The second-order valence-electron chi connectivity index (χ2n) is 4.28. The summed E-state index contributed by atoms with van der Waals surface area (Å²) in [6, 6.07) is 0.240. The minimum atomic E-state index is 0.240. The third-order valence-electron chi connectivity index (χ3n) is 3.20. The molecule has 1 aliphatic heterocycles. The van der Waals surface area contributed by atoms with Gasteiger partial charge in [-0.1, -0.05) is 19.1 Å². The third kappa shape index (κ3) is 3.97. The molecule has 0 aromatic carbocycles. The van der Waals surface area contributed by atoms with E-state index in [2.05, 4.69) is 16.7 Å². The van der Waals surface area contributed by atoms with Crippen LogP contribution in [0.4, 0.5) is 0 Å². The Bertz CT molecular complexity index is 225. The van der Waals surface area contributed by atoms with Crippen LogP contribution in [-0.4, -0.2) is 65.3 Å². The normalized spacial score (nSPS) is 21.6. The van der Waals surface area contributed by atoms with Crippen LogP contribution in [0.25, 0.3) is 0 Å². The van der Waals surface area contributed by atoms with Crippen molar-refractivity contribution in [3.8, 4) is 0 Å². The molecule has 0 saturated carbocycles. The summed E-state index contributed by atoms with van der Waals surface area (Å²) >= 11 is 5.10. The molecule has 0 radical (unpaired) electrons. The molecule has 0 bridgehead atoms. The fraction of sp³-hybridized carbons (Fsp3) is 0.909. The first kappa shape index (κ1) is 13.8. The van der Waals surface area contributed by atoms with Crippen LogP contribution in [0.3, 0.4) is 0 Å². The van der Waals surface area contributed by atoms with E-state index in [9.17, 15) is 0 Å². The van der Waals surface area contributed by atoms with Crippen LogP contribution < -0.4 is 5.73 Å². The summed E-state index contributed by atoms with van der Waals surface area (Å²) in [6.07, 6.45) is 2.11. The summed E-state index contributed by atoms with van der Waals surface area (Å²) in [6.45, 7) is 7.25. The van der Waals surface area contributed by atoms with Crippen LogP contribution in [-0.2, 0) is 0 Å². The predicted octanol–water partition coefficient (Wildman–Crippen LogP) is 0.0511. The van der Waals surface area contributed by atoms with Crippen LogP contribution in [0, 0.1) is 0 Å². The van der Waals surface area contributed by atoms with E-state index >= 15 is 0 Å². The van der Waals surface area contributed by atoms with Crippen molar-refractivity contribution < 1.29 is 5.11 Å². The van der Waals surface area contributed by atoms with Gasteiger partial charge in [0.2, 0.25) is 0 Å². The van der Waals surface area contributed by atoms with Gasteiger partial charge >= 0.3 is 0 Å².